The molecular formula is C11H17N. The molecule has 2 rings (SSSR count). The minimum absolute atomic E-state index is 0. The first-order chi connectivity index (χ1) is 5.86. The van der Waals surface area contributed by atoms with Gasteiger partial charge in [0.25, 0.3) is 0 Å². The second-order valence-corrected chi connectivity index (χ2v) is 2.57. The lowest BCUT2D eigenvalue weighted by atomic mass is 10.2. The van der Waals surface area contributed by atoms with E-state index in [0.717, 1.165) is 0 Å². The van der Waals surface area contributed by atoms with E-state index in [4.69, 9.17) is 0 Å². The number of aromatic amines is 1. The minimum atomic E-state index is 0. The monoisotopic (exact) mass is 163 g/mol. The molecule has 0 spiro atoms. The molecule has 1 heteroatoms. The van der Waals surface area contributed by atoms with E-state index in [9.17, 15) is 0 Å². The number of aryl methyl sites for hydroxylation is 1. The molecule has 0 aliphatic rings. The van der Waals surface area contributed by atoms with Crippen LogP contribution in [0.2, 0.25) is 0 Å². The van der Waals surface area contributed by atoms with Crippen molar-refractivity contribution < 1.29 is 1.43 Å². The zero-order valence-corrected chi connectivity index (χ0v) is 7.89. The fraction of sp³-hybridized carbons (Fsp3) is 0.273. The van der Waals surface area contributed by atoms with Crippen LogP contribution in [0.5, 0.6) is 0 Å². The molecular weight excluding hydrogens is 146 g/mol. The number of benzene rings is 1. The highest BCUT2D eigenvalue weighted by Crippen LogP contribution is 2.12. The van der Waals surface area contributed by atoms with E-state index in [1.807, 2.05) is 20.0 Å². The number of rotatable bonds is 0. The van der Waals surface area contributed by atoms with Crippen LogP contribution in [-0.4, -0.2) is 4.98 Å². The Bertz CT molecular complexity index is 352. The zero-order valence-electron chi connectivity index (χ0n) is 7.89. The minimum Gasteiger partial charge on any atom is -0.361 e. The second kappa shape index (κ2) is 3.96. The average molecular weight is 163 g/mol. The highest BCUT2D eigenvalue weighted by Gasteiger charge is 1.90. The van der Waals surface area contributed by atoms with Crippen LogP contribution in [0.3, 0.4) is 0 Å². The van der Waals surface area contributed by atoms with Crippen LogP contribution < -0.4 is 0 Å². The summed E-state index contributed by atoms with van der Waals surface area (Å²) in [4.78, 5) is 3.16. The molecule has 0 saturated heterocycles. The third-order valence-electron chi connectivity index (χ3n) is 1.71. The molecule has 0 saturated carbocycles. The van der Waals surface area contributed by atoms with Crippen molar-refractivity contribution in [2.45, 2.75) is 20.8 Å². The molecule has 1 aromatic heterocycles. The fourth-order valence-electron chi connectivity index (χ4n) is 1.16. The molecule has 66 valence electrons. The molecule has 1 heterocycles. The SMILES string of the molecule is CC.Cc1ccc2cc[nH]c2c1.[HH]. The highest BCUT2D eigenvalue weighted by molar-refractivity contribution is 5.79. The molecule has 0 atom stereocenters. The van der Waals surface area contributed by atoms with Crippen LogP contribution >= 0.6 is 0 Å². The van der Waals surface area contributed by atoms with Crippen molar-refractivity contribution in [3.8, 4) is 0 Å². The Hall–Kier alpha value is -1.24. The smallest absolute Gasteiger partial charge is 0.0456 e. The summed E-state index contributed by atoms with van der Waals surface area (Å²) >= 11 is 0. The Kier molecular flexibility index (Phi) is 2.92. The van der Waals surface area contributed by atoms with Gasteiger partial charge in [0.2, 0.25) is 0 Å². The molecule has 1 aromatic carbocycles. The molecule has 0 bridgehead atoms. The van der Waals surface area contributed by atoms with Gasteiger partial charge in [0.1, 0.15) is 0 Å². The van der Waals surface area contributed by atoms with E-state index in [0.29, 0.717) is 0 Å². The normalized spacial score (nSPS) is 9.25. The van der Waals surface area contributed by atoms with Crippen LogP contribution in [0, 0.1) is 6.92 Å². The zero-order chi connectivity index (χ0) is 8.97. The molecule has 0 aliphatic carbocycles. The Morgan fingerprint density at radius 3 is 2.67 bits per heavy atom. The Balaban J connectivity index is 0.000000451. The van der Waals surface area contributed by atoms with Gasteiger partial charge in [0.05, 0.1) is 0 Å². The first kappa shape index (κ1) is 8.85. The van der Waals surface area contributed by atoms with Gasteiger partial charge >= 0.3 is 0 Å². The van der Waals surface area contributed by atoms with Crippen LogP contribution in [0.15, 0.2) is 30.5 Å². The maximum atomic E-state index is 3.16. The lowest BCUT2D eigenvalue weighted by Crippen LogP contribution is -1.70. The van der Waals surface area contributed by atoms with E-state index in [2.05, 4.69) is 36.2 Å². The molecule has 0 radical (unpaired) electrons. The summed E-state index contributed by atoms with van der Waals surface area (Å²) in [5.41, 5.74) is 2.52. The summed E-state index contributed by atoms with van der Waals surface area (Å²) < 4.78 is 0. The van der Waals surface area contributed by atoms with Crippen LogP contribution in [0.4, 0.5) is 0 Å². The summed E-state index contributed by atoms with van der Waals surface area (Å²) in [6, 6.07) is 8.47. The van der Waals surface area contributed by atoms with Crippen LogP contribution in [0.25, 0.3) is 10.9 Å². The van der Waals surface area contributed by atoms with Crippen molar-refractivity contribution >= 4 is 10.9 Å². The van der Waals surface area contributed by atoms with Gasteiger partial charge in [-0.25, -0.2) is 0 Å². The molecule has 0 fully saturated rings. The van der Waals surface area contributed by atoms with Gasteiger partial charge in [-0.15, -0.1) is 0 Å². The summed E-state index contributed by atoms with van der Waals surface area (Å²) in [6.07, 6.45) is 1.96. The van der Waals surface area contributed by atoms with Crippen LogP contribution in [-0.2, 0) is 0 Å². The number of hydrogen-bond acceptors (Lipinski definition) is 0. The van der Waals surface area contributed by atoms with E-state index in [-0.39, 0.29) is 1.43 Å². The molecule has 0 aliphatic heterocycles. The van der Waals surface area contributed by atoms with E-state index in [1.165, 1.54) is 16.5 Å². The number of aromatic nitrogens is 1. The third kappa shape index (κ3) is 1.67. The average Bonchev–Trinajstić information content (AvgIpc) is 2.54. The third-order valence-corrected chi connectivity index (χ3v) is 1.71. The maximum absolute atomic E-state index is 3.16. The summed E-state index contributed by atoms with van der Waals surface area (Å²) in [7, 11) is 0. The predicted octanol–water partition coefficient (Wildman–Crippen LogP) is 3.75. The van der Waals surface area contributed by atoms with Gasteiger partial charge in [-0.2, -0.15) is 0 Å². The van der Waals surface area contributed by atoms with Gasteiger partial charge in [0, 0.05) is 13.1 Å². The molecule has 0 amide bonds. The molecule has 0 unspecified atom stereocenters. The summed E-state index contributed by atoms with van der Waals surface area (Å²) in [6.45, 7) is 6.10. The van der Waals surface area contributed by atoms with Gasteiger partial charge in [0.15, 0.2) is 0 Å². The predicted molar refractivity (Wildman–Crippen MR) is 56.5 cm³/mol. The Labute approximate surface area is 74.9 Å². The fourth-order valence-corrected chi connectivity index (χ4v) is 1.16. The lowest BCUT2D eigenvalue weighted by Gasteiger charge is -1.90. The van der Waals surface area contributed by atoms with Gasteiger partial charge in [-0.05, 0) is 30.0 Å². The maximum Gasteiger partial charge on any atom is 0.0456 e. The van der Waals surface area contributed by atoms with Crippen molar-refractivity contribution in [3.05, 3.63) is 36.0 Å². The highest BCUT2D eigenvalue weighted by atomic mass is 14.7. The molecule has 2 aromatic rings. The quantitative estimate of drug-likeness (QED) is 0.608. The molecule has 1 N–H and O–H groups in total. The molecule has 12 heavy (non-hydrogen) atoms. The number of nitrogens with one attached hydrogen (secondary N) is 1. The van der Waals surface area contributed by atoms with E-state index < -0.39 is 0 Å². The van der Waals surface area contributed by atoms with Crippen molar-refractivity contribution in [2.24, 2.45) is 0 Å². The molecule has 1 nitrogen and oxygen atoms in total. The van der Waals surface area contributed by atoms with Crippen molar-refractivity contribution in [2.75, 3.05) is 0 Å². The first-order valence-corrected chi connectivity index (χ1v) is 4.40. The topological polar surface area (TPSA) is 15.8 Å². The van der Waals surface area contributed by atoms with Crippen molar-refractivity contribution in [1.29, 1.82) is 0 Å². The second-order valence-electron chi connectivity index (χ2n) is 2.57. The van der Waals surface area contributed by atoms with Gasteiger partial charge in [-0.3, -0.25) is 0 Å². The van der Waals surface area contributed by atoms with E-state index >= 15 is 0 Å². The standard InChI is InChI=1S/C9H9N.C2H6.H2/c1-7-2-3-8-4-5-10-9(8)6-7;1-2;/h2-6,10H,1H3;1-2H3;1H. The number of fused-ring (bicyclic) bond motifs is 1. The summed E-state index contributed by atoms with van der Waals surface area (Å²) in [5, 5.41) is 1.28. The summed E-state index contributed by atoms with van der Waals surface area (Å²) in [5.74, 6) is 0. The van der Waals surface area contributed by atoms with Gasteiger partial charge in [-0.1, -0.05) is 26.0 Å². The first-order valence-electron chi connectivity index (χ1n) is 4.40. The number of hydrogen-bond donors (Lipinski definition) is 1. The largest absolute Gasteiger partial charge is 0.361 e. The van der Waals surface area contributed by atoms with Crippen molar-refractivity contribution in [1.82, 2.24) is 4.98 Å². The lowest BCUT2D eigenvalue weighted by molar-refractivity contribution is 1.44. The number of H-pyrrole nitrogens is 1. The van der Waals surface area contributed by atoms with Crippen molar-refractivity contribution in [3.63, 3.8) is 0 Å². The Morgan fingerprint density at radius 2 is 1.92 bits per heavy atom. The van der Waals surface area contributed by atoms with Gasteiger partial charge < -0.3 is 4.98 Å². The van der Waals surface area contributed by atoms with E-state index in [1.54, 1.807) is 0 Å². The van der Waals surface area contributed by atoms with Crippen LogP contribution in [0.1, 0.15) is 20.8 Å². The Morgan fingerprint density at radius 1 is 1.17 bits per heavy atom.